The molecule has 0 aromatic carbocycles. The second-order valence-electron chi connectivity index (χ2n) is 5.42. The highest BCUT2D eigenvalue weighted by atomic mass is 19.1. The number of aromatic nitrogens is 1. The first-order valence-electron chi connectivity index (χ1n) is 5.94. The molecular weight excluding hydrogens is 235 g/mol. The Labute approximate surface area is 106 Å². The fourth-order valence-electron chi connectivity index (χ4n) is 1.96. The van der Waals surface area contributed by atoms with Gasteiger partial charge in [-0.1, -0.05) is 0 Å². The average molecular weight is 252 g/mol. The van der Waals surface area contributed by atoms with Gasteiger partial charge in [-0.2, -0.15) is 0 Å². The smallest absolute Gasteiger partial charge is 0.416 e. The molecule has 1 aliphatic heterocycles. The van der Waals surface area contributed by atoms with Crippen LogP contribution in [0.3, 0.4) is 0 Å². The molecule has 0 saturated carbocycles. The maximum absolute atomic E-state index is 13.4. The molecule has 1 aromatic heterocycles. The van der Waals surface area contributed by atoms with E-state index in [2.05, 4.69) is 4.98 Å². The first-order valence-corrected chi connectivity index (χ1v) is 5.94. The number of amides is 1. The summed E-state index contributed by atoms with van der Waals surface area (Å²) in [5.74, 6) is 0.183. The Bertz CT molecular complexity index is 494. The molecule has 0 aliphatic carbocycles. The molecule has 1 aromatic rings. The van der Waals surface area contributed by atoms with E-state index in [1.807, 2.05) is 20.8 Å². The average Bonchev–Trinajstić information content (AvgIpc) is 2.65. The normalized spacial score (nSPS) is 14.6. The lowest BCUT2D eigenvalue weighted by molar-refractivity contribution is 0.0583. The molecule has 5 heteroatoms. The topological polar surface area (TPSA) is 42.4 Å². The summed E-state index contributed by atoms with van der Waals surface area (Å²) in [6.07, 6.45) is 1.34. The summed E-state index contributed by atoms with van der Waals surface area (Å²) < 4.78 is 18.7. The Morgan fingerprint density at radius 1 is 1.50 bits per heavy atom. The van der Waals surface area contributed by atoms with Crippen molar-refractivity contribution < 1.29 is 13.9 Å². The molecule has 0 N–H and O–H groups in total. The second kappa shape index (κ2) is 4.23. The minimum absolute atomic E-state index is 0.334. The van der Waals surface area contributed by atoms with Gasteiger partial charge in [-0.15, -0.1) is 0 Å². The molecule has 0 fully saturated rings. The van der Waals surface area contributed by atoms with E-state index in [9.17, 15) is 9.18 Å². The van der Waals surface area contributed by atoms with Gasteiger partial charge >= 0.3 is 6.09 Å². The molecule has 98 valence electrons. The third kappa shape index (κ3) is 2.30. The van der Waals surface area contributed by atoms with Crippen molar-refractivity contribution >= 4 is 11.9 Å². The zero-order valence-electron chi connectivity index (χ0n) is 11.1. The Hall–Kier alpha value is -1.65. The SMILES string of the molecule is Cc1c(F)cnc2c1CCN2C(=O)OC(C)(C)C. The summed E-state index contributed by atoms with van der Waals surface area (Å²) >= 11 is 0. The van der Waals surface area contributed by atoms with E-state index in [1.165, 1.54) is 4.90 Å². The molecule has 0 radical (unpaired) electrons. The summed E-state index contributed by atoms with van der Waals surface area (Å²) in [4.78, 5) is 17.5. The summed E-state index contributed by atoms with van der Waals surface area (Å²) in [6, 6.07) is 0. The van der Waals surface area contributed by atoms with Crippen molar-refractivity contribution in [2.45, 2.75) is 39.7 Å². The van der Waals surface area contributed by atoms with Gasteiger partial charge in [0.05, 0.1) is 6.20 Å². The minimum Gasteiger partial charge on any atom is -0.443 e. The summed E-state index contributed by atoms with van der Waals surface area (Å²) in [5.41, 5.74) is 0.807. The largest absolute Gasteiger partial charge is 0.443 e. The third-order valence-electron chi connectivity index (χ3n) is 2.84. The van der Waals surface area contributed by atoms with Gasteiger partial charge in [0.25, 0.3) is 0 Å². The van der Waals surface area contributed by atoms with Crippen molar-refractivity contribution in [1.82, 2.24) is 4.98 Å². The summed E-state index contributed by atoms with van der Waals surface area (Å²) in [6.45, 7) is 7.62. The van der Waals surface area contributed by atoms with Crippen LogP contribution in [0.4, 0.5) is 15.0 Å². The minimum atomic E-state index is -0.547. The van der Waals surface area contributed by atoms with Crippen molar-refractivity contribution in [1.29, 1.82) is 0 Å². The number of carbonyl (C=O) groups is 1. The van der Waals surface area contributed by atoms with Gasteiger partial charge in [-0.25, -0.2) is 14.2 Å². The van der Waals surface area contributed by atoms with Crippen molar-refractivity contribution in [2.75, 3.05) is 11.4 Å². The molecule has 1 amide bonds. The van der Waals surface area contributed by atoms with Crippen LogP contribution in [0, 0.1) is 12.7 Å². The van der Waals surface area contributed by atoms with Crippen LogP contribution in [0.1, 0.15) is 31.9 Å². The van der Waals surface area contributed by atoms with Crippen LogP contribution in [0.25, 0.3) is 0 Å². The molecule has 2 rings (SSSR count). The molecule has 0 atom stereocenters. The van der Waals surface area contributed by atoms with Crippen LogP contribution >= 0.6 is 0 Å². The lowest BCUT2D eigenvalue weighted by Gasteiger charge is -2.24. The molecule has 2 heterocycles. The van der Waals surface area contributed by atoms with Crippen molar-refractivity contribution in [3.8, 4) is 0 Å². The number of rotatable bonds is 0. The standard InChI is InChI=1S/C13H17FN2O2/c1-8-9-5-6-16(11(9)15-7-10(8)14)12(17)18-13(2,3)4/h7H,5-6H2,1-4H3. The molecule has 0 spiro atoms. The summed E-state index contributed by atoms with van der Waals surface area (Å²) in [5, 5.41) is 0. The fourth-order valence-corrected chi connectivity index (χ4v) is 1.96. The van der Waals surface area contributed by atoms with E-state index in [1.54, 1.807) is 6.92 Å². The Balaban J connectivity index is 2.27. The maximum atomic E-state index is 13.4. The fraction of sp³-hybridized carbons (Fsp3) is 0.538. The number of fused-ring (bicyclic) bond motifs is 1. The first kappa shape index (κ1) is 12.8. The van der Waals surface area contributed by atoms with Crippen molar-refractivity contribution in [2.24, 2.45) is 0 Å². The van der Waals surface area contributed by atoms with E-state index in [-0.39, 0.29) is 5.82 Å². The van der Waals surface area contributed by atoms with E-state index in [4.69, 9.17) is 4.74 Å². The zero-order valence-corrected chi connectivity index (χ0v) is 11.1. The monoisotopic (exact) mass is 252 g/mol. The number of halogens is 1. The van der Waals surface area contributed by atoms with Crippen molar-refractivity contribution in [3.05, 3.63) is 23.1 Å². The highest BCUT2D eigenvalue weighted by Gasteiger charge is 2.31. The molecule has 0 saturated heterocycles. The highest BCUT2D eigenvalue weighted by molar-refractivity contribution is 5.89. The second-order valence-corrected chi connectivity index (χ2v) is 5.42. The zero-order chi connectivity index (χ0) is 13.5. The van der Waals surface area contributed by atoms with E-state index in [0.29, 0.717) is 24.3 Å². The van der Waals surface area contributed by atoms with Crippen LogP contribution in [0.15, 0.2) is 6.20 Å². The predicted octanol–water partition coefficient (Wildman–Crippen LogP) is 2.83. The number of carbonyl (C=O) groups excluding carboxylic acids is 1. The number of hydrogen-bond acceptors (Lipinski definition) is 3. The molecule has 4 nitrogen and oxygen atoms in total. The van der Waals surface area contributed by atoms with Crippen LogP contribution in [0.2, 0.25) is 0 Å². The van der Waals surface area contributed by atoms with Gasteiger partial charge in [-0.05, 0) is 39.7 Å². The maximum Gasteiger partial charge on any atom is 0.416 e. The third-order valence-corrected chi connectivity index (χ3v) is 2.84. The van der Waals surface area contributed by atoms with Crippen molar-refractivity contribution in [3.63, 3.8) is 0 Å². The van der Waals surface area contributed by atoms with Crippen LogP contribution in [-0.2, 0) is 11.2 Å². The lowest BCUT2D eigenvalue weighted by Crippen LogP contribution is -2.36. The van der Waals surface area contributed by atoms with E-state index < -0.39 is 11.7 Å². The van der Waals surface area contributed by atoms with Crippen LogP contribution < -0.4 is 4.90 Å². The highest BCUT2D eigenvalue weighted by Crippen LogP contribution is 2.30. The lowest BCUT2D eigenvalue weighted by atomic mass is 10.1. The molecule has 0 bridgehead atoms. The summed E-state index contributed by atoms with van der Waals surface area (Å²) in [7, 11) is 0. The Kier molecular flexibility index (Phi) is 3.00. The molecular formula is C13H17FN2O2. The predicted molar refractivity (Wildman–Crippen MR) is 66.2 cm³/mol. The van der Waals surface area contributed by atoms with E-state index >= 15 is 0 Å². The quantitative estimate of drug-likeness (QED) is 0.713. The number of pyridine rings is 1. The molecule has 18 heavy (non-hydrogen) atoms. The van der Waals surface area contributed by atoms with Crippen LogP contribution in [0.5, 0.6) is 0 Å². The molecule has 0 unspecified atom stereocenters. The number of anilines is 1. The number of hydrogen-bond donors (Lipinski definition) is 0. The Morgan fingerprint density at radius 3 is 2.78 bits per heavy atom. The van der Waals surface area contributed by atoms with Gasteiger partial charge < -0.3 is 4.74 Å². The van der Waals surface area contributed by atoms with Gasteiger partial charge in [0.1, 0.15) is 17.2 Å². The van der Waals surface area contributed by atoms with Gasteiger partial charge in [0.15, 0.2) is 0 Å². The van der Waals surface area contributed by atoms with Crippen LogP contribution in [-0.4, -0.2) is 23.2 Å². The van der Waals surface area contributed by atoms with Gasteiger partial charge in [0, 0.05) is 12.1 Å². The number of nitrogens with zero attached hydrogens (tertiary/aromatic N) is 2. The van der Waals surface area contributed by atoms with E-state index in [0.717, 1.165) is 11.8 Å². The molecule has 1 aliphatic rings. The first-order chi connectivity index (χ1) is 8.29. The van der Waals surface area contributed by atoms with Gasteiger partial charge in [0.2, 0.25) is 0 Å². The number of ether oxygens (including phenoxy) is 1. The van der Waals surface area contributed by atoms with Gasteiger partial charge in [-0.3, -0.25) is 4.90 Å². The Morgan fingerprint density at radius 2 is 2.17 bits per heavy atom.